The highest BCUT2D eigenvalue weighted by atomic mass is 35.5. The first-order valence-electron chi connectivity index (χ1n) is 6.21. The quantitative estimate of drug-likeness (QED) is 0.323. The van der Waals surface area contributed by atoms with Gasteiger partial charge in [-0.25, -0.2) is 4.39 Å². The monoisotopic (exact) mass is 270 g/mol. The van der Waals surface area contributed by atoms with Gasteiger partial charge < -0.3 is 0 Å². The molecule has 0 radical (unpaired) electrons. The number of hydrazine groups is 1. The van der Waals surface area contributed by atoms with Gasteiger partial charge in [-0.1, -0.05) is 36.6 Å². The highest BCUT2D eigenvalue weighted by Gasteiger charge is 2.13. The van der Waals surface area contributed by atoms with Crippen LogP contribution in [0.15, 0.2) is 30.9 Å². The van der Waals surface area contributed by atoms with Crippen molar-refractivity contribution in [3.63, 3.8) is 0 Å². The summed E-state index contributed by atoms with van der Waals surface area (Å²) in [6.07, 6.45) is 7.17. The Morgan fingerprint density at radius 2 is 2.17 bits per heavy atom. The Hall–Kier alpha value is -0.900. The summed E-state index contributed by atoms with van der Waals surface area (Å²) in [4.78, 5) is 0. The fraction of sp³-hybridized carbons (Fsp3) is 0.429. The normalized spacial score (nSPS) is 12.4. The highest BCUT2D eigenvalue weighted by Crippen LogP contribution is 2.27. The average Bonchev–Trinajstić information content (AvgIpc) is 2.35. The van der Waals surface area contributed by atoms with Gasteiger partial charge in [-0.05, 0) is 37.0 Å². The maximum absolute atomic E-state index is 13.0. The average molecular weight is 271 g/mol. The number of halogens is 2. The van der Waals surface area contributed by atoms with Crippen LogP contribution in [0.5, 0.6) is 0 Å². The molecule has 0 aliphatic heterocycles. The van der Waals surface area contributed by atoms with E-state index in [9.17, 15) is 4.39 Å². The van der Waals surface area contributed by atoms with Crippen molar-refractivity contribution in [3.05, 3.63) is 47.3 Å². The van der Waals surface area contributed by atoms with E-state index in [1.165, 1.54) is 12.1 Å². The van der Waals surface area contributed by atoms with Crippen molar-refractivity contribution in [2.75, 3.05) is 0 Å². The highest BCUT2D eigenvalue weighted by molar-refractivity contribution is 6.31. The van der Waals surface area contributed by atoms with Gasteiger partial charge in [-0.3, -0.25) is 11.3 Å². The molecule has 3 N–H and O–H groups in total. The van der Waals surface area contributed by atoms with E-state index in [1.807, 2.05) is 6.08 Å². The second-order valence-corrected chi connectivity index (χ2v) is 4.72. The fourth-order valence-electron chi connectivity index (χ4n) is 1.93. The molecule has 0 saturated heterocycles. The van der Waals surface area contributed by atoms with Crippen LogP contribution in [0.3, 0.4) is 0 Å². The summed E-state index contributed by atoms with van der Waals surface area (Å²) >= 11 is 6.02. The third-order valence-electron chi connectivity index (χ3n) is 2.94. The van der Waals surface area contributed by atoms with Gasteiger partial charge in [-0.2, -0.15) is 0 Å². The summed E-state index contributed by atoms with van der Waals surface area (Å²) in [6.45, 7) is 3.69. The Bertz CT molecular complexity index is 382. The third kappa shape index (κ3) is 4.77. The molecule has 0 heterocycles. The molecule has 0 aliphatic carbocycles. The number of allylic oxidation sites excluding steroid dienone is 1. The van der Waals surface area contributed by atoms with Crippen molar-refractivity contribution >= 4 is 11.6 Å². The maximum atomic E-state index is 13.0. The molecule has 18 heavy (non-hydrogen) atoms. The predicted octanol–water partition coefficient (Wildman–Crippen LogP) is 4.12. The van der Waals surface area contributed by atoms with E-state index < -0.39 is 0 Å². The summed E-state index contributed by atoms with van der Waals surface area (Å²) in [5.41, 5.74) is 3.59. The van der Waals surface area contributed by atoms with E-state index in [1.54, 1.807) is 6.07 Å². The first-order chi connectivity index (χ1) is 8.69. The molecule has 1 atom stereocenters. The van der Waals surface area contributed by atoms with Gasteiger partial charge >= 0.3 is 0 Å². The first kappa shape index (κ1) is 15.2. The zero-order valence-corrected chi connectivity index (χ0v) is 11.2. The number of hydrogen-bond donors (Lipinski definition) is 2. The summed E-state index contributed by atoms with van der Waals surface area (Å²) in [5, 5.41) is 0.420. The molecule has 0 aliphatic rings. The van der Waals surface area contributed by atoms with Crippen molar-refractivity contribution in [1.29, 1.82) is 0 Å². The lowest BCUT2D eigenvalue weighted by atomic mass is 10.0. The SMILES string of the molecule is C=CCCCCCC(NN)c1ccc(F)cc1Cl. The first-order valence-corrected chi connectivity index (χ1v) is 6.58. The van der Waals surface area contributed by atoms with Gasteiger partial charge in [0.15, 0.2) is 0 Å². The van der Waals surface area contributed by atoms with Crippen LogP contribution < -0.4 is 11.3 Å². The van der Waals surface area contributed by atoms with Crippen molar-refractivity contribution in [3.8, 4) is 0 Å². The number of nitrogens with two attached hydrogens (primary N) is 1. The van der Waals surface area contributed by atoms with Gasteiger partial charge in [0.25, 0.3) is 0 Å². The van der Waals surface area contributed by atoms with Crippen molar-refractivity contribution in [1.82, 2.24) is 5.43 Å². The van der Waals surface area contributed by atoms with E-state index in [-0.39, 0.29) is 11.9 Å². The predicted molar refractivity (Wildman–Crippen MR) is 74.8 cm³/mol. The summed E-state index contributed by atoms with van der Waals surface area (Å²) in [6, 6.07) is 4.38. The van der Waals surface area contributed by atoms with E-state index in [4.69, 9.17) is 17.4 Å². The number of rotatable bonds is 8. The molecule has 0 saturated carbocycles. The molecule has 0 bridgehead atoms. The Labute approximate surface area is 113 Å². The zero-order chi connectivity index (χ0) is 13.4. The Balaban J connectivity index is 2.52. The van der Waals surface area contributed by atoms with Gasteiger partial charge in [0, 0.05) is 11.1 Å². The lowest BCUT2D eigenvalue weighted by Gasteiger charge is -2.17. The van der Waals surface area contributed by atoms with Gasteiger partial charge in [-0.15, -0.1) is 6.58 Å². The van der Waals surface area contributed by atoms with Crippen LogP contribution in [0.25, 0.3) is 0 Å². The molecule has 0 aromatic heterocycles. The van der Waals surface area contributed by atoms with Crippen LogP contribution in [0.4, 0.5) is 4.39 Å². The molecule has 100 valence electrons. The molecule has 0 amide bonds. The lowest BCUT2D eigenvalue weighted by molar-refractivity contribution is 0.483. The number of benzene rings is 1. The second-order valence-electron chi connectivity index (χ2n) is 4.31. The van der Waals surface area contributed by atoms with Crippen molar-refractivity contribution < 1.29 is 4.39 Å². The van der Waals surface area contributed by atoms with Crippen LogP contribution >= 0.6 is 11.6 Å². The van der Waals surface area contributed by atoms with Gasteiger partial charge in [0.05, 0.1) is 0 Å². The zero-order valence-electron chi connectivity index (χ0n) is 10.5. The minimum atomic E-state index is -0.328. The largest absolute Gasteiger partial charge is 0.271 e. The smallest absolute Gasteiger partial charge is 0.124 e. The maximum Gasteiger partial charge on any atom is 0.124 e. The minimum Gasteiger partial charge on any atom is -0.271 e. The van der Waals surface area contributed by atoms with E-state index >= 15 is 0 Å². The minimum absolute atomic E-state index is 0.0261. The molecule has 1 aromatic rings. The van der Waals surface area contributed by atoms with Crippen LogP contribution in [-0.4, -0.2) is 0 Å². The molecule has 0 spiro atoms. The molecule has 2 nitrogen and oxygen atoms in total. The summed E-state index contributed by atoms with van der Waals surface area (Å²) in [7, 11) is 0. The van der Waals surface area contributed by atoms with Crippen LogP contribution in [0.1, 0.15) is 43.7 Å². The number of nitrogens with one attached hydrogen (secondary N) is 1. The molecule has 1 aromatic carbocycles. The molecule has 0 fully saturated rings. The van der Waals surface area contributed by atoms with Gasteiger partial charge in [0.2, 0.25) is 0 Å². The Morgan fingerprint density at radius 1 is 1.39 bits per heavy atom. The summed E-state index contributed by atoms with van der Waals surface area (Å²) < 4.78 is 13.0. The van der Waals surface area contributed by atoms with Crippen LogP contribution in [0.2, 0.25) is 5.02 Å². The molecular formula is C14H20ClFN2. The van der Waals surface area contributed by atoms with E-state index in [0.717, 1.165) is 37.7 Å². The van der Waals surface area contributed by atoms with Crippen molar-refractivity contribution in [2.24, 2.45) is 5.84 Å². The molecular weight excluding hydrogens is 251 g/mol. The molecule has 4 heteroatoms. The standard InChI is InChI=1S/C14H20ClFN2/c1-2-3-4-5-6-7-14(18-17)12-9-8-11(16)10-13(12)15/h2,8-10,14,18H,1,3-7,17H2. The Morgan fingerprint density at radius 3 is 2.78 bits per heavy atom. The fourth-order valence-corrected chi connectivity index (χ4v) is 2.23. The van der Waals surface area contributed by atoms with Crippen LogP contribution in [-0.2, 0) is 0 Å². The van der Waals surface area contributed by atoms with Gasteiger partial charge in [0.1, 0.15) is 5.82 Å². The molecule has 1 rings (SSSR count). The number of unbranched alkanes of at least 4 members (excludes halogenated alkanes) is 3. The van der Waals surface area contributed by atoms with E-state index in [2.05, 4.69) is 12.0 Å². The lowest BCUT2D eigenvalue weighted by Crippen LogP contribution is -2.28. The summed E-state index contributed by atoms with van der Waals surface area (Å²) in [5.74, 6) is 5.21. The molecule has 1 unspecified atom stereocenters. The van der Waals surface area contributed by atoms with Crippen molar-refractivity contribution in [2.45, 2.75) is 38.1 Å². The second kappa shape index (κ2) is 8.25. The van der Waals surface area contributed by atoms with E-state index in [0.29, 0.717) is 5.02 Å². The number of hydrogen-bond acceptors (Lipinski definition) is 2. The Kier molecular flexibility index (Phi) is 6.94. The van der Waals surface area contributed by atoms with Crippen LogP contribution in [0, 0.1) is 5.82 Å². The topological polar surface area (TPSA) is 38.0 Å². The third-order valence-corrected chi connectivity index (χ3v) is 3.27.